The van der Waals surface area contributed by atoms with Crippen LogP contribution in [0.5, 0.6) is 0 Å². The monoisotopic (exact) mass is 743 g/mol. The molecule has 2 aliphatic heterocycles. The number of piperazine rings is 1. The van der Waals surface area contributed by atoms with Gasteiger partial charge in [0.25, 0.3) is 5.56 Å². The van der Waals surface area contributed by atoms with E-state index < -0.39 is 17.1 Å². The predicted molar refractivity (Wildman–Crippen MR) is 211 cm³/mol. The number of rotatable bonds is 9. The molecule has 0 spiro atoms. The third kappa shape index (κ3) is 7.36. The number of hydrogen-bond donors (Lipinski definition) is 0. The lowest BCUT2D eigenvalue weighted by atomic mass is 9.82. The molecule has 3 aromatic heterocycles. The van der Waals surface area contributed by atoms with Gasteiger partial charge in [0.05, 0.1) is 17.3 Å². The summed E-state index contributed by atoms with van der Waals surface area (Å²) in [7, 11) is 0. The predicted octanol–water partition coefficient (Wildman–Crippen LogP) is 6.95. The van der Waals surface area contributed by atoms with Crippen LogP contribution in [0.15, 0.2) is 76.6 Å². The Balaban J connectivity index is 0.926. The molecule has 3 fully saturated rings. The van der Waals surface area contributed by atoms with Gasteiger partial charge in [0.1, 0.15) is 17.3 Å². The smallest absolute Gasteiger partial charge is 0.334 e. The van der Waals surface area contributed by atoms with E-state index in [1.54, 1.807) is 0 Å². The molecule has 0 bridgehead atoms. The molecule has 2 aromatic carbocycles. The van der Waals surface area contributed by atoms with Crippen LogP contribution in [0.4, 0.5) is 4.39 Å². The molecule has 55 heavy (non-hydrogen) atoms. The number of hydrogen-bond acceptors (Lipinski definition) is 7. The second-order valence-corrected chi connectivity index (χ2v) is 16.3. The maximum absolute atomic E-state index is 14.6. The van der Waals surface area contributed by atoms with Crippen molar-refractivity contribution in [2.75, 3.05) is 26.2 Å². The van der Waals surface area contributed by atoms with E-state index in [2.05, 4.69) is 48.6 Å². The van der Waals surface area contributed by atoms with Gasteiger partial charge in [0.15, 0.2) is 11.4 Å². The zero-order chi connectivity index (χ0) is 37.5. The Kier molecular flexibility index (Phi) is 10.1. The molecule has 2 saturated carbocycles. The summed E-state index contributed by atoms with van der Waals surface area (Å²) in [5.74, 6) is 0.567. The highest BCUT2D eigenvalue weighted by atomic mass is 19.1. The number of fused-ring (bicyclic) bond motifs is 2. The van der Waals surface area contributed by atoms with Crippen molar-refractivity contribution in [2.24, 2.45) is 5.92 Å². The van der Waals surface area contributed by atoms with Crippen molar-refractivity contribution in [3.63, 3.8) is 0 Å². The Hall–Kier alpha value is -4.74. The van der Waals surface area contributed by atoms with E-state index >= 15 is 0 Å². The summed E-state index contributed by atoms with van der Waals surface area (Å²) in [4.78, 5) is 55.7. The van der Waals surface area contributed by atoms with Gasteiger partial charge in [-0.25, -0.2) is 23.7 Å². The van der Waals surface area contributed by atoms with E-state index in [-0.39, 0.29) is 28.8 Å². The third-order valence-electron chi connectivity index (χ3n) is 12.8. The first-order valence-electron chi connectivity index (χ1n) is 20.5. The minimum absolute atomic E-state index is 0.0551. The summed E-state index contributed by atoms with van der Waals surface area (Å²) in [6.45, 7) is 6.32. The van der Waals surface area contributed by atoms with Gasteiger partial charge in [0, 0.05) is 70.4 Å². The van der Waals surface area contributed by atoms with Crippen molar-refractivity contribution >= 4 is 16.8 Å². The fourth-order valence-corrected chi connectivity index (χ4v) is 9.70. The molecule has 0 atom stereocenters. The fourth-order valence-electron chi connectivity index (χ4n) is 9.70. The van der Waals surface area contributed by atoms with Crippen molar-refractivity contribution < 1.29 is 9.18 Å². The molecule has 0 unspecified atom stereocenters. The average Bonchev–Trinajstić information content (AvgIpc) is 3.91. The largest absolute Gasteiger partial charge is 0.337 e. The lowest BCUT2D eigenvalue weighted by Gasteiger charge is -2.38. The topological polar surface area (TPSA) is 98.3 Å². The Morgan fingerprint density at radius 3 is 2.35 bits per heavy atom. The van der Waals surface area contributed by atoms with E-state index in [0.29, 0.717) is 43.5 Å². The number of nitrogens with zero attached hydrogens (tertiary/aromatic N) is 7. The van der Waals surface area contributed by atoms with Crippen LogP contribution < -0.4 is 11.2 Å². The number of aryl methyl sites for hydroxylation is 2. The second kappa shape index (κ2) is 15.4. The molecule has 2 aliphatic carbocycles. The van der Waals surface area contributed by atoms with Crippen LogP contribution in [-0.2, 0) is 19.5 Å². The highest BCUT2D eigenvalue weighted by Crippen LogP contribution is 2.34. The van der Waals surface area contributed by atoms with Crippen LogP contribution >= 0.6 is 0 Å². The molecule has 10 nitrogen and oxygen atoms in total. The van der Waals surface area contributed by atoms with Crippen LogP contribution in [0.25, 0.3) is 27.8 Å². The molecule has 5 aromatic rings. The molecule has 11 heteroatoms. The minimum Gasteiger partial charge on any atom is -0.334 e. The molecule has 9 rings (SSSR count). The van der Waals surface area contributed by atoms with Crippen molar-refractivity contribution in [1.29, 1.82) is 0 Å². The molecule has 0 amide bonds. The quantitative estimate of drug-likeness (QED) is 0.151. The van der Waals surface area contributed by atoms with Gasteiger partial charge < -0.3 is 4.57 Å². The number of carbonyl (C=O) groups is 1. The SMILES string of the molecule is O=C(CC1CCC(n2c(=O)c3cc(F)cnc3n(-c3cccc(-c4ccc(CN5CCN(C6CCCC6)CC5)cc4)c3)c2=O)CC1)c1cn2c(n1)CCCC2. The first-order valence-corrected chi connectivity index (χ1v) is 20.5. The summed E-state index contributed by atoms with van der Waals surface area (Å²) < 4.78 is 19.5. The fraction of sp³-hybridized carbons (Fsp3) is 0.477. The number of imidazole rings is 1. The highest BCUT2D eigenvalue weighted by Gasteiger charge is 2.30. The van der Waals surface area contributed by atoms with Crippen molar-refractivity contribution in [1.82, 2.24) is 33.5 Å². The minimum atomic E-state index is -0.630. The molecular weight excluding hydrogens is 694 g/mol. The Labute approximate surface area is 320 Å². The van der Waals surface area contributed by atoms with Crippen molar-refractivity contribution in [2.45, 2.75) is 102 Å². The maximum atomic E-state index is 14.6. The summed E-state index contributed by atoms with van der Waals surface area (Å²) in [5, 5.41) is 0.0690. The lowest BCUT2D eigenvalue weighted by molar-refractivity contribution is 0.0936. The molecular formula is C44H50FN7O3. The Morgan fingerprint density at radius 2 is 1.58 bits per heavy atom. The normalized spacial score (nSPS) is 21.3. The van der Waals surface area contributed by atoms with Gasteiger partial charge in [-0.05, 0) is 92.2 Å². The Bertz CT molecular complexity index is 2280. The van der Waals surface area contributed by atoms with Crippen LogP contribution in [0.3, 0.4) is 0 Å². The van der Waals surface area contributed by atoms with Gasteiger partial charge in [0.2, 0.25) is 0 Å². The summed E-state index contributed by atoms with van der Waals surface area (Å²) in [6, 6.07) is 17.9. The van der Waals surface area contributed by atoms with Gasteiger partial charge in [-0.2, -0.15) is 0 Å². The van der Waals surface area contributed by atoms with E-state index in [4.69, 9.17) is 0 Å². The van der Waals surface area contributed by atoms with Crippen LogP contribution in [0.2, 0.25) is 0 Å². The van der Waals surface area contributed by atoms with Crippen molar-refractivity contribution in [3.8, 4) is 16.8 Å². The van der Waals surface area contributed by atoms with Gasteiger partial charge in [-0.3, -0.25) is 24.0 Å². The van der Waals surface area contributed by atoms with Crippen LogP contribution in [-0.4, -0.2) is 71.5 Å². The molecule has 0 radical (unpaired) electrons. The maximum Gasteiger partial charge on any atom is 0.337 e. The molecule has 4 aliphatic rings. The number of aromatic nitrogens is 5. The third-order valence-corrected chi connectivity index (χ3v) is 12.8. The first-order chi connectivity index (χ1) is 26.9. The molecule has 0 N–H and O–H groups in total. The number of benzene rings is 2. The number of ketones is 1. The lowest BCUT2D eigenvalue weighted by Crippen LogP contribution is -2.49. The van der Waals surface area contributed by atoms with E-state index in [1.807, 2.05) is 30.5 Å². The number of pyridine rings is 1. The first kappa shape index (κ1) is 35.9. The summed E-state index contributed by atoms with van der Waals surface area (Å²) >= 11 is 0. The summed E-state index contributed by atoms with van der Waals surface area (Å²) in [6.07, 6.45) is 14.5. The highest BCUT2D eigenvalue weighted by molar-refractivity contribution is 5.94. The molecule has 5 heterocycles. The Morgan fingerprint density at radius 1 is 0.800 bits per heavy atom. The van der Waals surface area contributed by atoms with Gasteiger partial charge in [-0.1, -0.05) is 49.2 Å². The second-order valence-electron chi connectivity index (χ2n) is 16.3. The summed E-state index contributed by atoms with van der Waals surface area (Å²) in [5.41, 5.74) is 3.45. The van der Waals surface area contributed by atoms with Crippen molar-refractivity contribution in [3.05, 3.63) is 111 Å². The van der Waals surface area contributed by atoms with E-state index in [1.165, 1.54) is 46.4 Å². The van der Waals surface area contributed by atoms with Gasteiger partial charge >= 0.3 is 5.69 Å². The zero-order valence-corrected chi connectivity index (χ0v) is 31.5. The van der Waals surface area contributed by atoms with E-state index in [9.17, 15) is 18.8 Å². The number of Topliss-reactive ketones (excluding diaryl/α,β-unsaturated/α-hetero) is 1. The molecule has 286 valence electrons. The molecule has 1 saturated heterocycles. The van der Waals surface area contributed by atoms with Crippen LogP contribution in [0, 0.1) is 11.7 Å². The zero-order valence-electron chi connectivity index (χ0n) is 31.5. The average molecular weight is 744 g/mol. The standard InChI is InChI=1S/C44H50FN7O3/c45-34-26-38-42(46-27-34)51(44(55)52(43(38)54)36-17-13-30(14-18-36)24-40(53)39-29-50-19-4-3-10-41(50)47-39)37-9-5-6-33(25-37)32-15-11-31(12-16-32)28-48-20-22-49(23-21-48)35-7-1-2-8-35/h5-6,9,11-12,15-16,25-27,29-30,35-36H,1-4,7-8,10,13-14,17-24,28H2. The van der Waals surface area contributed by atoms with E-state index in [0.717, 1.165) is 87.7 Å². The van der Waals surface area contributed by atoms with Crippen LogP contribution in [0.1, 0.15) is 98.5 Å². The van der Waals surface area contributed by atoms with Gasteiger partial charge in [-0.15, -0.1) is 0 Å². The number of carbonyl (C=O) groups excluding carboxylic acids is 1. The number of halogens is 1.